The number of allylic oxidation sites excluding steroid dienone is 1. The molecule has 3 nitrogen and oxygen atoms in total. The number of benzene rings is 1. The molecule has 1 aromatic rings. The maximum atomic E-state index is 11.8. The molecule has 2 rings (SSSR count). The van der Waals surface area contributed by atoms with E-state index in [1.54, 1.807) is 19.1 Å². The molecule has 0 unspecified atom stereocenters. The third-order valence-electron chi connectivity index (χ3n) is 4.10. The van der Waals surface area contributed by atoms with Crippen LogP contribution in [0.25, 0.3) is 0 Å². The van der Waals surface area contributed by atoms with Gasteiger partial charge in [-0.3, -0.25) is 14.4 Å². The van der Waals surface area contributed by atoms with Crippen LogP contribution in [0.1, 0.15) is 38.2 Å². The van der Waals surface area contributed by atoms with Crippen molar-refractivity contribution in [1.29, 1.82) is 0 Å². The standard InChI is InChI=1S/C18H20O3S/c1-18(15(19)10-11-16(18)20)12-6-5-9-17(21)22-13-14-7-3-2-4-8-14/h2-5,7-9H,6,10-13H2,1H3/b9-5+. The Balaban J connectivity index is 1.74. The first-order valence-corrected chi connectivity index (χ1v) is 8.45. The van der Waals surface area contributed by atoms with Crippen molar-refractivity contribution in [1.82, 2.24) is 0 Å². The van der Waals surface area contributed by atoms with Crippen LogP contribution >= 0.6 is 11.8 Å². The summed E-state index contributed by atoms with van der Waals surface area (Å²) in [4.78, 5) is 35.3. The lowest BCUT2D eigenvalue weighted by Crippen LogP contribution is -2.28. The minimum Gasteiger partial charge on any atom is -0.299 e. The van der Waals surface area contributed by atoms with Gasteiger partial charge in [0.25, 0.3) is 0 Å². The van der Waals surface area contributed by atoms with Gasteiger partial charge in [0.1, 0.15) is 11.6 Å². The summed E-state index contributed by atoms with van der Waals surface area (Å²) >= 11 is 1.25. The van der Waals surface area contributed by atoms with Gasteiger partial charge in [0.2, 0.25) is 5.12 Å². The van der Waals surface area contributed by atoms with Gasteiger partial charge in [0.15, 0.2) is 0 Å². The minimum atomic E-state index is -0.829. The van der Waals surface area contributed by atoms with Gasteiger partial charge in [-0.1, -0.05) is 48.2 Å². The first-order valence-electron chi connectivity index (χ1n) is 7.46. The van der Waals surface area contributed by atoms with Crippen molar-refractivity contribution in [3.8, 4) is 0 Å². The van der Waals surface area contributed by atoms with Crippen molar-refractivity contribution in [2.24, 2.45) is 5.41 Å². The minimum absolute atomic E-state index is 0.00178. The first-order chi connectivity index (χ1) is 10.5. The van der Waals surface area contributed by atoms with Crippen LogP contribution in [0.4, 0.5) is 0 Å². The topological polar surface area (TPSA) is 51.2 Å². The summed E-state index contributed by atoms with van der Waals surface area (Å²) in [7, 11) is 0. The largest absolute Gasteiger partial charge is 0.299 e. The molecule has 116 valence electrons. The molecule has 1 fully saturated rings. The van der Waals surface area contributed by atoms with E-state index in [-0.39, 0.29) is 16.7 Å². The third-order valence-corrected chi connectivity index (χ3v) is 5.00. The quantitative estimate of drug-likeness (QED) is 0.593. The number of ketones is 2. The van der Waals surface area contributed by atoms with E-state index in [2.05, 4.69) is 0 Å². The number of thioether (sulfide) groups is 1. The van der Waals surface area contributed by atoms with Crippen molar-refractivity contribution in [2.75, 3.05) is 0 Å². The van der Waals surface area contributed by atoms with Crippen molar-refractivity contribution >= 4 is 28.4 Å². The smallest absolute Gasteiger partial charge is 0.212 e. The average Bonchev–Trinajstić information content (AvgIpc) is 2.78. The molecule has 0 saturated heterocycles. The van der Waals surface area contributed by atoms with Crippen LogP contribution in [-0.2, 0) is 20.1 Å². The zero-order valence-corrected chi connectivity index (χ0v) is 13.5. The molecule has 1 aromatic carbocycles. The van der Waals surface area contributed by atoms with E-state index in [0.717, 1.165) is 5.56 Å². The summed E-state index contributed by atoms with van der Waals surface area (Å²) in [6.07, 6.45) is 5.12. The zero-order valence-electron chi connectivity index (χ0n) is 12.7. The van der Waals surface area contributed by atoms with Gasteiger partial charge in [0.05, 0.1) is 5.41 Å². The highest BCUT2D eigenvalue weighted by molar-refractivity contribution is 8.13. The SMILES string of the molecule is CC1(CC/C=C/C(=O)SCc2ccccc2)C(=O)CCC1=O. The number of hydrogen-bond donors (Lipinski definition) is 0. The third kappa shape index (κ3) is 4.17. The normalized spacial score (nSPS) is 17.3. The molecule has 22 heavy (non-hydrogen) atoms. The molecular weight excluding hydrogens is 296 g/mol. The highest BCUT2D eigenvalue weighted by Gasteiger charge is 2.44. The van der Waals surface area contributed by atoms with E-state index in [1.807, 2.05) is 30.3 Å². The van der Waals surface area contributed by atoms with Gasteiger partial charge < -0.3 is 0 Å². The second-order valence-corrected chi connectivity index (χ2v) is 6.69. The molecule has 0 atom stereocenters. The fourth-order valence-electron chi connectivity index (χ4n) is 2.54. The van der Waals surface area contributed by atoms with Gasteiger partial charge in [-0.25, -0.2) is 0 Å². The lowest BCUT2D eigenvalue weighted by atomic mass is 9.82. The molecule has 0 radical (unpaired) electrons. The Kier molecular flexibility index (Phi) is 5.72. The van der Waals surface area contributed by atoms with Crippen LogP contribution in [-0.4, -0.2) is 16.7 Å². The number of rotatable bonds is 6. The summed E-state index contributed by atoms with van der Waals surface area (Å²) < 4.78 is 0. The fraction of sp³-hybridized carbons (Fsp3) is 0.389. The summed E-state index contributed by atoms with van der Waals surface area (Å²) in [5.74, 6) is 0.727. The Morgan fingerprint density at radius 2 is 1.82 bits per heavy atom. The molecule has 0 spiro atoms. The highest BCUT2D eigenvalue weighted by Crippen LogP contribution is 2.35. The molecule has 0 aliphatic heterocycles. The van der Waals surface area contributed by atoms with E-state index in [1.165, 1.54) is 11.8 Å². The Morgan fingerprint density at radius 1 is 1.18 bits per heavy atom. The predicted octanol–water partition coefficient (Wildman–Crippen LogP) is 3.72. The van der Waals surface area contributed by atoms with Crippen molar-refractivity contribution in [3.63, 3.8) is 0 Å². The van der Waals surface area contributed by atoms with Gasteiger partial charge >= 0.3 is 0 Å². The second kappa shape index (κ2) is 7.54. The van der Waals surface area contributed by atoms with Gasteiger partial charge in [-0.05, 0) is 31.4 Å². The maximum absolute atomic E-state index is 11.8. The molecule has 1 aliphatic rings. The summed E-state index contributed by atoms with van der Waals surface area (Å²) in [5.41, 5.74) is 0.286. The molecule has 1 aliphatic carbocycles. The van der Waals surface area contributed by atoms with E-state index >= 15 is 0 Å². The Morgan fingerprint density at radius 3 is 2.45 bits per heavy atom. The maximum Gasteiger partial charge on any atom is 0.212 e. The second-order valence-electron chi connectivity index (χ2n) is 5.71. The van der Waals surface area contributed by atoms with Crippen LogP contribution in [0, 0.1) is 5.41 Å². The fourth-order valence-corrected chi connectivity index (χ4v) is 3.24. The van der Waals surface area contributed by atoms with E-state index in [9.17, 15) is 14.4 Å². The number of hydrogen-bond acceptors (Lipinski definition) is 4. The van der Waals surface area contributed by atoms with Gasteiger partial charge in [-0.2, -0.15) is 0 Å². The zero-order chi connectivity index (χ0) is 16.0. The van der Waals surface area contributed by atoms with Crippen LogP contribution in [0.3, 0.4) is 0 Å². The predicted molar refractivity (Wildman–Crippen MR) is 88.5 cm³/mol. The van der Waals surface area contributed by atoms with E-state index in [0.29, 0.717) is 31.4 Å². The summed E-state index contributed by atoms with van der Waals surface area (Å²) in [6.45, 7) is 1.73. The van der Waals surface area contributed by atoms with Crippen LogP contribution in [0.5, 0.6) is 0 Å². The molecule has 0 amide bonds. The van der Waals surface area contributed by atoms with Gasteiger partial charge in [0, 0.05) is 18.6 Å². The number of carbonyl (C=O) groups is 3. The first kappa shape index (κ1) is 16.7. The van der Waals surface area contributed by atoms with Crippen molar-refractivity contribution in [2.45, 2.75) is 38.4 Å². The molecule has 0 N–H and O–H groups in total. The van der Waals surface area contributed by atoms with E-state index in [4.69, 9.17) is 0 Å². The Labute approximate surface area is 135 Å². The molecule has 1 saturated carbocycles. The lowest BCUT2D eigenvalue weighted by molar-refractivity contribution is -0.134. The molecule has 4 heteroatoms. The molecule has 0 bridgehead atoms. The molecule has 0 aromatic heterocycles. The van der Waals surface area contributed by atoms with Crippen molar-refractivity contribution in [3.05, 3.63) is 48.0 Å². The highest BCUT2D eigenvalue weighted by atomic mass is 32.2. The molecular formula is C18H20O3S. The number of Topliss-reactive ketones (excluding diaryl/α,β-unsaturated/α-hetero) is 2. The number of carbonyl (C=O) groups excluding carboxylic acids is 3. The van der Waals surface area contributed by atoms with Gasteiger partial charge in [-0.15, -0.1) is 0 Å². The van der Waals surface area contributed by atoms with Crippen LogP contribution in [0.2, 0.25) is 0 Å². The van der Waals surface area contributed by atoms with Crippen LogP contribution < -0.4 is 0 Å². The average molecular weight is 316 g/mol. The Bertz CT molecular complexity index is 574. The van der Waals surface area contributed by atoms with Crippen molar-refractivity contribution < 1.29 is 14.4 Å². The summed E-state index contributed by atoms with van der Waals surface area (Å²) in [6, 6.07) is 9.82. The summed E-state index contributed by atoms with van der Waals surface area (Å²) in [5, 5.41) is -0.00178. The van der Waals surface area contributed by atoms with Crippen LogP contribution in [0.15, 0.2) is 42.5 Å². The lowest BCUT2D eigenvalue weighted by Gasteiger charge is -2.18. The van der Waals surface area contributed by atoms with E-state index < -0.39 is 5.41 Å². The Hall–Kier alpha value is -1.68. The molecule has 0 heterocycles. The monoisotopic (exact) mass is 316 g/mol.